The lowest BCUT2D eigenvalue weighted by Crippen LogP contribution is -2.35. The molecule has 1 aliphatic rings. The fourth-order valence-electron chi connectivity index (χ4n) is 2.74. The predicted octanol–water partition coefficient (Wildman–Crippen LogP) is 5.19. The van der Waals surface area contributed by atoms with Gasteiger partial charge in [0.15, 0.2) is 0 Å². The van der Waals surface area contributed by atoms with Crippen molar-refractivity contribution in [2.24, 2.45) is 5.92 Å². The van der Waals surface area contributed by atoms with Gasteiger partial charge in [0, 0.05) is 18.9 Å². The normalized spacial score (nSPS) is 15.5. The van der Waals surface area contributed by atoms with Crippen molar-refractivity contribution in [2.45, 2.75) is 66.7 Å². The van der Waals surface area contributed by atoms with E-state index in [-0.39, 0.29) is 0 Å². The molecule has 0 N–H and O–H groups in total. The van der Waals surface area contributed by atoms with Gasteiger partial charge in [0.2, 0.25) is 0 Å². The third kappa shape index (κ3) is 8.87. The topological polar surface area (TPSA) is 16.1 Å². The lowest BCUT2D eigenvalue weighted by Gasteiger charge is -2.31. The van der Waals surface area contributed by atoms with Crippen LogP contribution >= 0.6 is 0 Å². The molecule has 1 fully saturated rings. The van der Waals surface area contributed by atoms with E-state index < -0.39 is 0 Å². The zero-order valence-electron chi connectivity index (χ0n) is 14.9. The van der Waals surface area contributed by atoms with E-state index in [9.17, 15) is 0 Å². The van der Waals surface area contributed by atoms with Gasteiger partial charge >= 0.3 is 0 Å². The zero-order valence-corrected chi connectivity index (χ0v) is 14.9. The van der Waals surface area contributed by atoms with Crippen LogP contribution in [-0.2, 0) is 6.42 Å². The van der Waals surface area contributed by atoms with Crippen molar-refractivity contribution in [3.8, 4) is 0 Å². The molecule has 1 aromatic heterocycles. The van der Waals surface area contributed by atoms with Crippen LogP contribution in [0.2, 0.25) is 0 Å². The van der Waals surface area contributed by atoms with Crippen LogP contribution < -0.4 is 0 Å². The molecule has 2 nitrogen and oxygen atoms in total. The van der Waals surface area contributed by atoms with Gasteiger partial charge in [0.05, 0.1) is 0 Å². The molecule has 0 bridgehead atoms. The fourth-order valence-corrected chi connectivity index (χ4v) is 2.74. The van der Waals surface area contributed by atoms with E-state index in [0.29, 0.717) is 0 Å². The first-order valence-electron chi connectivity index (χ1n) is 8.99. The molecule has 2 heterocycles. The molecule has 2 heteroatoms. The Balaban J connectivity index is 0.000000921. The number of rotatable bonds is 5. The van der Waals surface area contributed by atoms with Crippen LogP contribution in [0.15, 0.2) is 24.5 Å². The minimum absolute atomic E-state index is 0.997. The van der Waals surface area contributed by atoms with E-state index in [0.717, 1.165) is 5.92 Å². The quantitative estimate of drug-likeness (QED) is 0.742. The van der Waals surface area contributed by atoms with Crippen LogP contribution in [0.25, 0.3) is 0 Å². The first-order chi connectivity index (χ1) is 10.4. The van der Waals surface area contributed by atoms with Crippen molar-refractivity contribution in [3.63, 3.8) is 0 Å². The second-order valence-corrected chi connectivity index (χ2v) is 5.18. The Morgan fingerprint density at radius 3 is 2.14 bits per heavy atom. The summed E-state index contributed by atoms with van der Waals surface area (Å²) in [5.74, 6) is 0.997. The van der Waals surface area contributed by atoms with Crippen molar-refractivity contribution in [1.82, 2.24) is 9.88 Å². The smallest absolute Gasteiger partial charge is 0.0270 e. The number of hydrogen-bond donors (Lipinski definition) is 0. The summed E-state index contributed by atoms with van der Waals surface area (Å²) in [6, 6.07) is 4.26. The number of aromatic nitrogens is 1. The van der Waals surface area contributed by atoms with Crippen molar-refractivity contribution < 1.29 is 0 Å². The Kier molecular flexibility index (Phi) is 13.5. The van der Waals surface area contributed by atoms with Gasteiger partial charge in [-0.25, -0.2) is 0 Å². The Hall–Kier alpha value is -0.890. The minimum Gasteiger partial charge on any atom is -0.303 e. The lowest BCUT2D eigenvalue weighted by molar-refractivity contribution is 0.180. The maximum Gasteiger partial charge on any atom is 0.0270 e. The SMILES string of the molecule is CC.CC.CCCC1CCN(CCc2ccncc2)CC1. The van der Waals surface area contributed by atoms with E-state index in [1.54, 1.807) is 0 Å². The summed E-state index contributed by atoms with van der Waals surface area (Å²) in [4.78, 5) is 6.67. The highest BCUT2D eigenvalue weighted by Crippen LogP contribution is 2.21. The number of piperidine rings is 1. The molecule has 0 atom stereocenters. The van der Waals surface area contributed by atoms with Crippen LogP contribution in [0.1, 0.15) is 65.9 Å². The van der Waals surface area contributed by atoms with Gasteiger partial charge < -0.3 is 4.90 Å². The monoisotopic (exact) mass is 292 g/mol. The fraction of sp³-hybridized carbons (Fsp3) is 0.737. The van der Waals surface area contributed by atoms with E-state index in [2.05, 4.69) is 28.9 Å². The first-order valence-corrected chi connectivity index (χ1v) is 8.99. The molecule has 122 valence electrons. The number of likely N-dealkylation sites (tertiary alicyclic amines) is 1. The molecule has 21 heavy (non-hydrogen) atoms. The standard InChI is InChI=1S/C15H24N2.2C2H6/c1-2-3-14-6-11-17(12-7-14)13-8-15-4-9-16-10-5-15;2*1-2/h4-5,9-10,14H,2-3,6-8,11-13H2,1H3;2*1-2H3. The van der Waals surface area contributed by atoms with Gasteiger partial charge in [-0.05, 0) is 56.0 Å². The van der Waals surface area contributed by atoms with Gasteiger partial charge in [-0.15, -0.1) is 0 Å². The minimum atomic E-state index is 0.997. The van der Waals surface area contributed by atoms with E-state index in [4.69, 9.17) is 0 Å². The molecule has 1 aromatic rings. The highest BCUT2D eigenvalue weighted by Gasteiger charge is 2.17. The molecule has 1 aliphatic heterocycles. The second kappa shape index (κ2) is 14.1. The molecule has 0 spiro atoms. The molecular weight excluding hydrogens is 256 g/mol. The summed E-state index contributed by atoms with van der Waals surface area (Å²) in [6.45, 7) is 14.1. The van der Waals surface area contributed by atoms with Crippen LogP contribution in [0.3, 0.4) is 0 Å². The highest BCUT2D eigenvalue weighted by atomic mass is 15.1. The summed E-state index contributed by atoms with van der Waals surface area (Å²) in [5.41, 5.74) is 1.41. The lowest BCUT2D eigenvalue weighted by atomic mass is 9.92. The summed E-state index contributed by atoms with van der Waals surface area (Å²) < 4.78 is 0. The maximum absolute atomic E-state index is 4.06. The molecule has 0 aromatic carbocycles. The van der Waals surface area contributed by atoms with Crippen LogP contribution in [-0.4, -0.2) is 29.5 Å². The third-order valence-electron chi connectivity index (χ3n) is 3.87. The van der Waals surface area contributed by atoms with Gasteiger partial charge in [0.1, 0.15) is 0 Å². The van der Waals surface area contributed by atoms with E-state index in [1.807, 2.05) is 40.1 Å². The highest BCUT2D eigenvalue weighted by molar-refractivity contribution is 5.09. The number of pyridine rings is 1. The molecule has 1 saturated heterocycles. The van der Waals surface area contributed by atoms with Crippen LogP contribution in [0.4, 0.5) is 0 Å². The Morgan fingerprint density at radius 1 is 1.05 bits per heavy atom. The van der Waals surface area contributed by atoms with E-state index >= 15 is 0 Å². The van der Waals surface area contributed by atoms with Crippen molar-refractivity contribution in [1.29, 1.82) is 0 Å². The molecule has 0 aliphatic carbocycles. The van der Waals surface area contributed by atoms with E-state index in [1.165, 1.54) is 57.3 Å². The number of hydrogen-bond acceptors (Lipinski definition) is 2. The number of nitrogens with zero attached hydrogens (tertiary/aromatic N) is 2. The van der Waals surface area contributed by atoms with Crippen LogP contribution in [0, 0.1) is 5.92 Å². The zero-order chi connectivity index (χ0) is 15.9. The van der Waals surface area contributed by atoms with Gasteiger partial charge in [0.25, 0.3) is 0 Å². The van der Waals surface area contributed by atoms with Crippen LogP contribution in [0.5, 0.6) is 0 Å². The molecule has 0 radical (unpaired) electrons. The largest absolute Gasteiger partial charge is 0.303 e. The molecule has 0 amide bonds. The average molecular weight is 293 g/mol. The summed E-state index contributed by atoms with van der Waals surface area (Å²) in [7, 11) is 0. The molecule has 0 unspecified atom stereocenters. The summed E-state index contributed by atoms with van der Waals surface area (Å²) >= 11 is 0. The predicted molar refractivity (Wildman–Crippen MR) is 94.7 cm³/mol. The third-order valence-corrected chi connectivity index (χ3v) is 3.87. The van der Waals surface area contributed by atoms with Crippen molar-refractivity contribution in [3.05, 3.63) is 30.1 Å². The Morgan fingerprint density at radius 2 is 1.62 bits per heavy atom. The Labute approximate surface area is 133 Å². The van der Waals surface area contributed by atoms with Gasteiger partial charge in [-0.1, -0.05) is 47.5 Å². The molecular formula is C19H36N2. The first kappa shape index (κ1) is 20.1. The molecule has 0 saturated carbocycles. The Bertz CT molecular complexity index is 303. The van der Waals surface area contributed by atoms with Crippen molar-refractivity contribution in [2.75, 3.05) is 19.6 Å². The van der Waals surface area contributed by atoms with Gasteiger partial charge in [-0.3, -0.25) is 4.98 Å². The summed E-state index contributed by atoms with van der Waals surface area (Å²) in [6.07, 6.45) is 10.5. The van der Waals surface area contributed by atoms with Gasteiger partial charge in [-0.2, -0.15) is 0 Å². The van der Waals surface area contributed by atoms with Crippen molar-refractivity contribution >= 4 is 0 Å². The average Bonchev–Trinajstić information content (AvgIpc) is 2.59. The second-order valence-electron chi connectivity index (χ2n) is 5.18. The maximum atomic E-state index is 4.06. The summed E-state index contributed by atoms with van der Waals surface area (Å²) in [5, 5.41) is 0. The molecule has 2 rings (SSSR count).